The topological polar surface area (TPSA) is 46.2 Å². The Morgan fingerprint density at radius 3 is 2.60 bits per heavy atom. The molecule has 0 saturated carbocycles. The van der Waals surface area contributed by atoms with Crippen LogP contribution in [0.25, 0.3) is 5.57 Å². The summed E-state index contributed by atoms with van der Waals surface area (Å²) in [6.45, 7) is 0. The smallest absolute Gasteiger partial charge is 0.259 e. The van der Waals surface area contributed by atoms with Crippen LogP contribution in [0.5, 0.6) is 0 Å². The predicted octanol–water partition coefficient (Wildman–Crippen LogP) is 1.52. The fraction of sp³-hybridized carbons (Fsp3) is 0. The molecule has 1 N–H and O–H groups in total. The van der Waals surface area contributed by atoms with Crippen molar-refractivity contribution in [3.8, 4) is 0 Å². The van der Waals surface area contributed by atoms with Crippen molar-refractivity contribution in [1.29, 1.82) is 0 Å². The second-order valence-corrected chi connectivity index (χ2v) is 3.38. The molecule has 1 heterocycles. The number of halogens is 2. The van der Waals surface area contributed by atoms with Gasteiger partial charge in [0.2, 0.25) is 0 Å². The summed E-state index contributed by atoms with van der Waals surface area (Å²) in [5.41, 5.74) is 0.0332. The summed E-state index contributed by atoms with van der Waals surface area (Å²) < 4.78 is 13.5. The molecule has 0 atom stereocenters. The molecule has 76 valence electrons. The minimum atomic E-state index is -0.699. The van der Waals surface area contributed by atoms with E-state index in [-0.39, 0.29) is 16.2 Å². The summed E-state index contributed by atoms with van der Waals surface area (Å²) in [6.07, 6.45) is 1.05. The zero-order valence-electron chi connectivity index (χ0n) is 7.38. The SMILES string of the molecule is O=C1C=C(c2cccc(Cl)c2F)C(=O)N1. The van der Waals surface area contributed by atoms with Gasteiger partial charge in [-0.15, -0.1) is 0 Å². The normalized spacial score (nSPS) is 15.2. The van der Waals surface area contributed by atoms with E-state index < -0.39 is 17.6 Å². The molecule has 0 spiro atoms. The number of benzene rings is 1. The van der Waals surface area contributed by atoms with Crippen molar-refractivity contribution in [3.05, 3.63) is 40.7 Å². The Hall–Kier alpha value is -1.68. The monoisotopic (exact) mass is 225 g/mol. The fourth-order valence-corrected chi connectivity index (χ4v) is 1.50. The molecule has 0 bridgehead atoms. The first-order valence-electron chi connectivity index (χ1n) is 4.11. The van der Waals surface area contributed by atoms with Gasteiger partial charge in [0.05, 0.1) is 10.6 Å². The van der Waals surface area contributed by atoms with Gasteiger partial charge in [0.25, 0.3) is 11.8 Å². The minimum Gasteiger partial charge on any atom is -0.289 e. The Labute approximate surface area is 89.5 Å². The highest BCUT2D eigenvalue weighted by Crippen LogP contribution is 2.25. The van der Waals surface area contributed by atoms with E-state index in [0.717, 1.165) is 6.08 Å². The van der Waals surface area contributed by atoms with Gasteiger partial charge in [-0.3, -0.25) is 14.9 Å². The van der Waals surface area contributed by atoms with E-state index >= 15 is 0 Å². The van der Waals surface area contributed by atoms with Crippen LogP contribution in [0.3, 0.4) is 0 Å². The van der Waals surface area contributed by atoms with Crippen LogP contribution >= 0.6 is 11.6 Å². The third-order valence-electron chi connectivity index (χ3n) is 2.00. The maximum atomic E-state index is 13.5. The first kappa shape index (κ1) is 9.86. The van der Waals surface area contributed by atoms with Gasteiger partial charge in [0, 0.05) is 11.6 Å². The highest BCUT2D eigenvalue weighted by molar-refractivity contribution is 6.35. The van der Waals surface area contributed by atoms with E-state index in [4.69, 9.17) is 11.6 Å². The third-order valence-corrected chi connectivity index (χ3v) is 2.29. The van der Waals surface area contributed by atoms with Crippen LogP contribution in [0, 0.1) is 5.82 Å². The maximum absolute atomic E-state index is 13.5. The lowest BCUT2D eigenvalue weighted by atomic mass is 10.1. The number of carbonyl (C=O) groups excluding carboxylic acids is 2. The number of imide groups is 1. The average molecular weight is 226 g/mol. The van der Waals surface area contributed by atoms with Gasteiger partial charge in [-0.1, -0.05) is 23.7 Å². The summed E-state index contributed by atoms with van der Waals surface area (Å²) in [6, 6.07) is 4.28. The predicted molar refractivity (Wildman–Crippen MR) is 52.5 cm³/mol. The zero-order valence-corrected chi connectivity index (χ0v) is 8.14. The van der Waals surface area contributed by atoms with E-state index in [1.54, 1.807) is 0 Å². The van der Waals surface area contributed by atoms with Gasteiger partial charge in [-0.05, 0) is 6.07 Å². The van der Waals surface area contributed by atoms with E-state index in [1.807, 2.05) is 5.32 Å². The minimum absolute atomic E-state index is 0.000000000000000222. The maximum Gasteiger partial charge on any atom is 0.259 e. The molecule has 0 aromatic heterocycles. The zero-order chi connectivity index (χ0) is 11.0. The van der Waals surface area contributed by atoms with Crippen LogP contribution in [0.4, 0.5) is 4.39 Å². The standard InChI is InChI=1S/C10H5ClFNO2/c11-7-3-1-2-5(9(7)12)6-4-8(14)13-10(6)15/h1-4H,(H,13,14,15). The number of amides is 2. The van der Waals surface area contributed by atoms with Gasteiger partial charge >= 0.3 is 0 Å². The first-order chi connectivity index (χ1) is 7.09. The van der Waals surface area contributed by atoms with Crippen molar-refractivity contribution in [2.24, 2.45) is 0 Å². The molecule has 3 nitrogen and oxygen atoms in total. The van der Waals surface area contributed by atoms with Crippen LogP contribution < -0.4 is 5.32 Å². The Kier molecular flexibility index (Phi) is 2.28. The second-order valence-electron chi connectivity index (χ2n) is 2.98. The van der Waals surface area contributed by atoms with E-state index in [9.17, 15) is 14.0 Å². The fourth-order valence-electron chi connectivity index (χ4n) is 1.32. The number of carbonyl (C=O) groups is 2. The highest BCUT2D eigenvalue weighted by atomic mass is 35.5. The number of hydrogen-bond acceptors (Lipinski definition) is 2. The number of hydrogen-bond donors (Lipinski definition) is 1. The van der Waals surface area contributed by atoms with Crippen molar-refractivity contribution in [2.45, 2.75) is 0 Å². The summed E-state index contributed by atoms with van der Waals surface area (Å²) in [7, 11) is 0. The largest absolute Gasteiger partial charge is 0.289 e. The molecule has 1 aliphatic rings. The van der Waals surface area contributed by atoms with Gasteiger partial charge in [-0.2, -0.15) is 0 Å². The van der Waals surface area contributed by atoms with Gasteiger partial charge < -0.3 is 0 Å². The van der Waals surface area contributed by atoms with Crippen LogP contribution in [-0.2, 0) is 9.59 Å². The van der Waals surface area contributed by atoms with Crippen molar-refractivity contribution in [3.63, 3.8) is 0 Å². The summed E-state index contributed by atoms with van der Waals surface area (Å²) in [5, 5.41) is 1.95. The molecule has 1 aliphatic heterocycles. The van der Waals surface area contributed by atoms with Crippen molar-refractivity contribution in [2.75, 3.05) is 0 Å². The molecule has 1 aromatic rings. The van der Waals surface area contributed by atoms with Crippen molar-refractivity contribution in [1.82, 2.24) is 5.32 Å². The molecule has 15 heavy (non-hydrogen) atoms. The van der Waals surface area contributed by atoms with Crippen LogP contribution in [0.1, 0.15) is 5.56 Å². The molecular formula is C10H5ClFNO2. The number of nitrogens with one attached hydrogen (secondary N) is 1. The lowest BCUT2D eigenvalue weighted by Crippen LogP contribution is -2.21. The van der Waals surface area contributed by atoms with Crippen molar-refractivity contribution < 1.29 is 14.0 Å². The molecule has 0 aliphatic carbocycles. The summed E-state index contributed by atoms with van der Waals surface area (Å²) >= 11 is 5.56. The van der Waals surface area contributed by atoms with Crippen LogP contribution in [-0.4, -0.2) is 11.8 Å². The molecule has 0 unspecified atom stereocenters. The molecule has 5 heteroatoms. The highest BCUT2D eigenvalue weighted by Gasteiger charge is 2.24. The Bertz CT molecular complexity index is 496. The van der Waals surface area contributed by atoms with Crippen LogP contribution in [0.2, 0.25) is 5.02 Å². The lowest BCUT2D eigenvalue weighted by Gasteiger charge is -2.02. The Morgan fingerprint density at radius 1 is 1.27 bits per heavy atom. The summed E-state index contributed by atoms with van der Waals surface area (Å²) in [4.78, 5) is 22.1. The molecule has 0 radical (unpaired) electrons. The molecule has 0 fully saturated rings. The first-order valence-corrected chi connectivity index (χ1v) is 4.49. The van der Waals surface area contributed by atoms with E-state index in [0.29, 0.717) is 0 Å². The van der Waals surface area contributed by atoms with E-state index in [1.165, 1.54) is 18.2 Å². The Morgan fingerprint density at radius 2 is 2.00 bits per heavy atom. The number of rotatable bonds is 1. The molecule has 1 aromatic carbocycles. The Balaban J connectivity index is 2.56. The van der Waals surface area contributed by atoms with Gasteiger partial charge in [0.15, 0.2) is 0 Å². The molecule has 2 rings (SSSR count). The van der Waals surface area contributed by atoms with Crippen molar-refractivity contribution >= 4 is 29.0 Å². The third kappa shape index (κ3) is 1.64. The van der Waals surface area contributed by atoms with Gasteiger partial charge in [0.1, 0.15) is 5.82 Å². The molecule has 2 amide bonds. The quantitative estimate of drug-likeness (QED) is 0.737. The summed E-state index contributed by atoms with van der Waals surface area (Å²) in [5.74, 6) is -1.86. The lowest BCUT2D eigenvalue weighted by molar-refractivity contribution is -0.123. The molecular weight excluding hydrogens is 221 g/mol. The van der Waals surface area contributed by atoms with Gasteiger partial charge in [-0.25, -0.2) is 4.39 Å². The second kappa shape index (κ2) is 3.47. The van der Waals surface area contributed by atoms with Crippen LogP contribution in [0.15, 0.2) is 24.3 Å². The van der Waals surface area contributed by atoms with E-state index in [2.05, 4.69) is 0 Å². The molecule has 0 saturated heterocycles. The average Bonchev–Trinajstić information content (AvgIpc) is 2.50.